The maximum Gasteiger partial charge on any atom is 0.119 e. The van der Waals surface area contributed by atoms with E-state index in [1.165, 1.54) is 0 Å². The van der Waals surface area contributed by atoms with Gasteiger partial charge in [-0.1, -0.05) is 12.1 Å². The van der Waals surface area contributed by atoms with E-state index in [1.54, 1.807) is 13.3 Å². The standard InChI is InChI=1S/C23H29N3O4/c1-25(17-20(27)18-30-23-10-8-21(28-2)9-11-23)16-19-4-6-22(7-5-19)29-15-14-26-13-3-12-24-26/h3-13,20,27H,14-18H2,1-2H3. The van der Waals surface area contributed by atoms with Crippen LogP contribution in [-0.2, 0) is 13.1 Å². The number of hydrogen-bond donors (Lipinski definition) is 1. The molecule has 0 aliphatic carbocycles. The highest BCUT2D eigenvalue weighted by molar-refractivity contribution is 5.31. The lowest BCUT2D eigenvalue weighted by Gasteiger charge is -2.21. The molecule has 1 heterocycles. The molecule has 3 rings (SSSR count). The summed E-state index contributed by atoms with van der Waals surface area (Å²) in [7, 11) is 3.60. The predicted octanol–water partition coefficient (Wildman–Crippen LogP) is 2.84. The number of aliphatic hydroxyl groups is 1. The molecule has 30 heavy (non-hydrogen) atoms. The lowest BCUT2D eigenvalue weighted by molar-refractivity contribution is 0.0743. The van der Waals surface area contributed by atoms with Crippen molar-refractivity contribution < 1.29 is 19.3 Å². The largest absolute Gasteiger partial charge is 0.497 e. The summed E-state index contributed by atoms with van der Waals surface area (Å²) in [6.45, 7) is 2.76. The van der Waals surface area contributed by atoms with Crippen LogP contribution < -0.4 is 14.2 Å². The third-order valence-electron chi connectivity index (χ3n) is 4.55. The summed E-state index contributed by atoms with van der Waals surface area (Å²) in [5.41, 5.74) is 1.15. The van der Waals surface area contributed by atoms with Crippen LogP contribution in [0.2, 0.25) is 0 Å². The second-order valence-corrected chi connectivity index (χ2v) is 7.10. The molecule has 2 aromatic carbocycles. The highest BCUT2D eigenvalue weighted by Crippen LogP contribution is 2.17. The minimum atomic E-state index is -0.581. The van der Waals surface area contributed by atoms with Gasteiger partial charge in [0.15, 0.2) is 0 Å². The van der Waals surface area contributed by atoms with E-state index in [9.17, 15) is 5.11 Å². The first-order valence-corrected chi connectivity index (χ1v) is 9.95. The molecule has 1 unspecified atom stereocenters. The van der Waals surface area contributed by atoms with Gasteiger partial charge in [0.2, 0.25) is 0 Å². The summed E-state index contributed by atoms with van der Waals surface area (Å²) in [5, 5.41) is 14.4. The van der Waals surface area contributed by atoms with Gasteiger partial charge in [-0.05, 0) is 55.1 Å². The summed E-state index contributed by atoms with van der Waals surface area (Å²) < 4.78 is 18.4. The number of benzene rings is 2. The maximum absolute atomic E-state index is 10.3. The Labute approximate surface area is 177 Å². The van der Waals surface area contributed by atoms with E-state index < -0.39 is 6.10 Å². The Morgan fingerprint density at radius 3 is 2.33 bits per heavy atom. The van der Waals surface area contributed by atoms with Crippen LogP contribution in [-0.4, -0.2) is 59.8 Å². The fourth-order valence-electron chi connectivity index (χ4n) is 3.03. The van der Waals surface area contributed by atoms with Crippen molar-refractivity contribution in [2.45, 2.75) is 19.2 Å². The van der Waals surface area contributed by atoms with Crippen LogP contribution >= 0.6 is 0 Å². The van der Waals surface area contributed by atoms with Crippen LogP contribution in [0.15, 0.2) is 67.0 Å². The van der Waals surface area contributed by atoms with Gasteiger partial charge in [0.1, 0.15) is 36.6 Å². The number of aromatic nitrogens is 2. The zero-order valence-corrected chi connectivity index (χ0v) is 17.5. The molecule has 3 aromatic rings. The van der Waals surface area contributed by atoms with Crippen molar-refractivity contribution in [1.29, 1.82) is 0 Å². The molecular weight excluding hydrogens is 382 g/mol. The highest BCUT2D eigenvalue weighted by atomic mass is 16.5. The first-order chi connectivity index (χ1) is 14.6. The Morgan fingerprint density at radius 2 is 1.67 bits per heavy atom. The van der Waals surface area contributed by atoms with E-state index in [2.05, 4.69) is 10.00 Å². The Balaban J connectivity index is 1.36. The third kappa shape index (κ3) is 7.09. The Kier molecular flexibility index (Phi) is 8.11. The summed E-state index contributed by atoms with van der Waals surface area (Å²) in [5.74, 6) is 2.32. The van der Waals surface area contributed by atoms with Crippen molar-refractivity contribution >= 4 is 0 Å². The number of aliphatic hydroxyl groups excluding tert-OH is 1. The van der Waals surface area contributed by atoms with Gasteiger partial charge in [-0.25, -0.2) is 0 Å². The van der Waals surface area contributed by atoms with E-state index >= 15 is 0 Å². The van der Waals surface area contributed by atoms with Crippen LogP contribution in [0.5, 0.6) is 17.2 Å². The van der Waals surface area contributed by atoms with Crippen LogP contribution in [0.1, 0.15) is 5.56 Å². The quantitative estimate of drug-likeness (QED) is 0.494. The van der Waals surface area contributed by atoms with Gasteiger partial charge in [0.05, 0.1) is 13.7 Å². The van der Waals surface area contributed by atoms with Crippen molar-refractivity contribution in [1.82, 2.24) is 14.7 Å². The maximum atomic E-state index is 10.3. The fraction of sp³-hybridized carbons (Fsp3) is 0.348. The van der Waals surface area contributed by atoms with Crippen LogP contribution in [0, 0.1) is 0 Å². The molecule has 160 valence electrons. The van der Waals surface area contributed by atoms with Crippen LogP contribution in [0.4, 0.5) is 0 Å². The Morgan fingerprint density at radius 1 is 1.00 bits per heavy atom. The molecule has 1 atom stereocenters. The van der Waals surface area contributed by atoms with Crippen LogP contribution in [0.25, 0.3) is 0 Å². The van der Waals surface area contributed by atoms with Gasteiger partial charge < -0.3 is 19.3 Å². The SMILES string of the molecule is COc1ccc(OCC(O)CN(C)Cc2ccc(OCCn3cccn3)cc2)cc1. The molecule has 0 aliphatic rings. The number of ether oxygens (including phenoxy) is 3. The van der Waals surface area contributed by atoms with Crippen LogP contribution in [0.3, 0.4) is 0 Å². The first kappa shape index (κ1) is 21.7. The normalized spacial score (nSPS) is 12.0. The molecule has 0 fully saturated rings. The summed E-state index contributed by atoms with van der Waals surface area (Å²) in [4.78, 5) is 2.07. The van der Waals surface area contributed by atoms with E-state index in [-0.39, 0.29) is 6.61 Å². The lowest BCUT2D eigenvalue weighted by atomic mass is 10.2. The van der Waals surface area contributed by atoms with E-state index in [1.807, 2.05) is 72.5 Å². The molecule has 0 bridgehead atoms. The Hall–Kier alpha value is -3.03. The lowest BCUT2D eigenvalue weighted by Crippen LogP contribution is -2.32. The molecule has 0 saturated carbocycles. The van der Waals surface area contributed by atoms with Crippen molar-refractivity contribution in [2.24, 2.45) is 0 Å². The molecule has 7 heteroatoms. The number of hydrogen-bond acceptors (Lipinski definition) is 6. The summed E-state index contributed by atoms with van der Waals surface area (Å²) in [6, 6.07) is 17.2. The second kappa shape index (κ2) is 11.2. The van der Waals surface area contributed by atoms with E-state index in [0.29, 0.717) is 25.4 Å². The monoisotopic (exact) mass is 411 g/mol. The van der Waals surface area contributed by atoms with Crippen molar-refractivity contribution in [3.05, 3.63) is 72.6 Å². The van der Waals surface area contributed by atoms with Gasteiger partial charge in [-0.3, -0.25) is 9.58 Å². The topological polar surface area (TPSA) is 69.0 Å². The third-order valence-corrected chi connectivity index (χ3v) is 4.55. The van der Waals surface area contributed by atoms with Gasteiger partial charge >= 0.3 is 0 Å². The molecule has 0 radical (unpaired) electrons. The van der Waals surface area contributed by atoms with Gasteiger partial charge in [0.25, 0.3) is 0 Å². The molecule has 0 spiro atoms. The molecule has 7 nitrogen and oxygen atoms in total. The average Bonchev–Trinajstić information content (AvgIpc) is 3.27. The number of methoxy groups -OCH3 is 1. The van der Waals surface area contributed by atoms with Crippen molar-refractivity contribution in [3.63, 3.8) is 0 Å². The predicted molar refractivity (Wildman–Crippen MR) is 115 cm³/mol. The second-order valence-electron chi connectivity index (χ2n) is 7.10. The van der Waals surface area contributed by atoms with Gasteiger partial charge in [-0.15, -0.1) is 0 Å². The smallest absolute Gasteiger partial charge is 0.119 e. The average molecular weight is 412 g/mol. The van der Waals surface area contributed by atoms with Crippen molar-refractivity contribution in [3.8, 4) is 17.2 Å². The molecule has 0 amide bonds. The zero-order valence-electron chi connectivity index (χ0n) is 17.5. The number of nitrogens with zero attached hydrogens (tertiary/aromatic N) is 3. The van der Waals surface area contributed by atoms with Gasteiger partial charge in [0, 0.05) is 25.5 Å². The Bertz CT molecular complexity index is 851. The summed E-state index contributed by atoms with van der Waals surface area (Å²) >= 11 is 0. The summed E-state index contributed by atoms with van der Waals surface area (Å²) in [6.07, 6.45) is 3.09. The molecule has 0 saturated heterocycles. The van der Waals surface area contributed by atoms with E-state index in [4.69, 9.17) is 14.2 Å². The zero-order chi connectivity index (χ0) is 21.2. The number of rotatable bonds is 12. The minimum absolute atomic E-state index is 0.236. The highest BCUT2D eigenvalue weighted by Gasteiger charge is 2.10. The molecule has 1 aromatic heterocycles. The van der Waals surface area contributed by atoms with Crippen molar-refractivity contribution in [2.75, 3.05) is 33.9 Å². The first-order valence-electron chi connectivity index (χ1n) is 9.95. The molecule has 1 N–H and O–H groups in total. The molecular formula is C23H29N3O4. The minimum Gasteiger partial charge on any atom is -0.497 e. The molecule has 0 aliphatic heterocycles. The number of likely N-dealkylation sites (N-methyl/N-ethyl adjacent to an activating group) is 1. The van der Waals surface area contributed by atoms with E-state index in [0.717, 1.165) is 23.6 Å². The van der Waals surface area contributed by atoms with Gasteiger partial charge in [-0.2, -0.15) is 5.10 Å². The fourth-order valence-corrected chi connectivity index (χ4v) is 3.03.